The average molecular weight is 416 g/mol. The molecule has 0 amide bonds. The molecule has 6 atom stereocenters. The van der Waals surface area contributed by atoms with E-state index in [9.17, 15) is 14.4 Å². The Kier molecular flexibility index (Phi) is 4.58. The number of benzene rings is 2. The maximum absolute atomic E-state index is 13.9. The summed E-state index contributed by atoms with van der Waals surface area (Å²) in [5.41, 5.74) is 1.14. The number of fused-ring (bicyclic) bond motifs is 3. The van der Waals surface area contributed by atoms with Gasteiger partial charge in [0.1, 0.15) is 0 Å². The van der Waals surface area contributed by atoms with Gasteiger partial charge in [0, 0.05) is 11.5 Å². The fourth-order valence-corrected chi connectivity index (χ4v) is 6.43. The molecule has 1 fully saturated rings. The van der Waals surface area contributed by atoms with Crippen LogP contribution in [0.3, 0.4) is 0 Å². The summed E-state index contributed by atoms with van der Waals surface area (Å²) in [6.45, 7) is 0. The summed E-state index contributed by atoms with van der Waals surface area (Å²) in [5, 5.41) is 0. The molecule has 5 heteroatoms. The Morgan fingerprint density at radius 2 is 1.65 bits per heavy atom. The van der Waals surface area contributed by atoms with E-state index in [1.807, 2.05) is 66.7 Å². The van der Waals surface area contributed by atoms with Crippen molar-refractivity contribution in [1.29, 1.82) is 0 Å². The second kappa shape index (κ2) is 7.19. The van der Waals surface area contributed by atoms with Crippen LogP contribution in [0.25, 0.3) is 0 Å². The summed E-state index contributed by atoms with van der Waals surface area (Å²) < 4.78 is 10.5. The first-order valence-corrected chi connectivity index (χ1v) is 10.6. The molecule has 3 aliphatic carbocycles. The molecular weight excluding hydrogens is 392 g/mol. The first-order chi connectivity index (χ1) is 15.1. The molecule has 31 heavy (non-hydrogen) atoms. The van der Waals surface area contributed by atoms with Crippen molar-refractivity contribution in [3.63, 3.8) is 0 Å². The fourth-order valence-electron chi connectivity index (χ4n) is 6.43. The maximum atomic E-state index is 13.9. The molecular formula is C26H24O5. The van der Waals surface area contributed by atoms with Crippen molar-refractivity contribution < 1.29 is 23.9 Å². The number of esters is 2. The zero-order chi connectivity index (χ0) is 21.8. The lowest BCUT2D eigenvalue weighted by Gasteiger charge is -2.43. The van der Waals surface area contributed by atoms with E-state index in [0.29, 0.717) is 12.0 Å². The summed E-state index contributed by atoms with van der Waals surface area (Å²) in [5.74, 6) is -3.33. The first kappa shape index (κ1) is 19.7. The number of carbonyl (C=O) groups excluding carboxylic acids is 3. The Morgan fingerprint density at radius 3 is 2.35 bits per heavy atom. The summed E-state index contributed by atoms with van der Waals surface area (Å²) >= 11 is 0. The van der Waals surface area contributed by atoms with Gasteiger partial charge in [0.15, 0.2) is 5.78 Å². The molecule has 5 rings (SSSR count). The van der Waals surface area contributed by atoms with Crippen LogP contribution in [0.15, 0.2) is 66.7 Å². The molecule has 0 spiro atoms. The molecule has 1 saturated carbocycles. The summed E-state index contributed by atoms with van der Waals surface area (Å²) in [6.07, 6.45) is 4.60. The van der Waals surface area contributed by atoms with Gasteiger partial charge in [-0.1, -0.05) is 66.7 Å². The van der Waals surface area contributed by atoms with Crippen LogP contribution < -0.4 is 0 Å². The summed E-state index contributed by atoms with van der Waals surface area (Å²) in [6, 6.07) is 17.3. The predicted molar refractivity (Wildman–Crippen MR) is 113 cm³/mol. The van der Waals surface area contributed by atoms with Crippen molar-refractivity contribution in [2.45, 2.75) is 12.3 Å². The molecule has 0 aromatic heterocycles. The van der Waals surface area contributed by atoms with Crippen molar-refractivity contribution in [1.82, 2.24) is 0 Å². The molecule has 0 radical (unpaired) electrons. The minimum absolute atomic E-state index is 0.107. The van der Waals surface area contributed by atoms with Crippen molar-refractivity contribution in [2.75, 3.05) is 14.2 Å². The number of carbonyl (C=O) groups is 3. The first-order valence-electron chi connectivity index (χ1n) is 10.6. The van der Waals surface area contributed by atoms with Crippen molar-refractivity contribution in [3.8, 4) is 0 Å². The summed E-state index contributed by atoms with van der Waals surface area (Å²) in [7, 11) is 2.66. The van der Waals surface area contributed by atoms with Gasteiger partial charge < -0.3 is 9.47 Å². The Labute approximate surface area is 181 Å². The molecule has 158 valence electrons. The van der Waals surface area contributed by atoms with Gasteiger partial charge in [0.25, 0.3) is 0 Å². The highest BCUT2D eigenvalue weighted by Gasteiger charge is 2.71. The Bertz CT molecular complexity index is 1090. The molecule has 0 saturated heterocycles. The molecule has 0 heterocycles. The topological polar surface area (TPSA) is 69.7 Å². The number of allylic oxidation sites excluding steroid dienone is 2. The molecule has 5 nitrogen and oxygen atoms in total. The van der Waals surface area contributed by atoms with Gasteiger partial charge in [0.05, 0.1) is 31.5 Å². The normalized spacial score (nSPS) is 32.7. The van der Waals surface area contributed by atoms with E-state index in [2.05, 4.69) is 0 Å². The van der Waals surface area contributed by atoms with E-state index in [4.69, 9.17) is 9.47 Å². The van der Waals surface area contributed by atoms with Crippen molar-refractivity contribution in [2.24, 2.45) is 29.1 Å². The Balaban J connectivity index is 1.79. The quantitative estimate of drug-likeness (QED) is 0.560. The van der Waals surface area contributed by atoms with Crippen molar-refractivity contribution in [3.05, 3.63) is 83.4 Å². The number of ether oxygens (including phenoxy) is 2. The van der Waals surface area contributed by atoms with Gasteiger partial charge in [-0.25, -0.2) is 0 Å². The van der Waals surface area contributed by atoms with Crippen LogP contribution in [-0.4, -0.2) is 31.9 Å². The third-order valence-corrected chi connectivity index (χ3v) is 7.52. The van der Waals surface area contributed by atoms with Crippen LogP contribution in [0.1, 0.15) is 33.8 Å². The lowest BCUT2D eigenvalue weighted by Crippen LogP contribution is -2.54. The summed E-state index contributed by atoms with van der Waals surface area (Å²) in [4.78, 5) is 40.6. The van der Waals surface area contributed by atoms with Gasteiger partial charge in [-0.3, -0.25) is 14.4 Å². The van der Waals surface area contributed by atoms with Gasteiger partial charge in [-0.15, -0.1) is 0 Å². The largest absolute Gasteiger partial charge is 0.469 e. The number of methoxy groups -OCH3 is 2. The zero-order valence-corrected chi connectivity index (χ0v) is 17.5. The predicted octanol–water partition coefficient (Wildman–Crippen LogP) is 3.79. The van der Waals surface area contributed by atoms with Crippen LogP contribution in [0.2, 0.25) is 0 Å². The molecule has 2 bridgehead atoms. The highest BCUT2D eigenvalue weighted by Crippen LogP contribution is 2.65. The number of hydrogen-bond donors (Lipinski definition) is 0. The molecule has 0 unspecified atom stereocenters. The van der Waals surface area contributed by atoms with Crippen LogP contribution in [0.4, 0.5) is 0 Å². The molecule has 3 aliphatic rings. The van der Waals surface area contributed by atoms with E-state index in [1.165, 1.54) is 14.2 Å². The van der Waals surface area contributed by atoms with Crippen LogP contribution >= 0.6 is 0 Å². The fraction of sp³-hybridized carbons (Fsp3) is 0.346. The molecule has 0 N–H and O–H groups in total. The van der Waals surface area contributed by atoms with E-state index < -0.39 is 29.2 Å². The lowest BCUT2D eigenvalue weighted by atomic mass is 9.56. The minimum Gasteiger partial charge on any atom is -0.469 e. The second-order valence-corrected chi connectivity index (χ2v) is 8.63. The number of hydrogen-bond acceptors (Lipinski definition) is 5. The third kappa shape index (κ3) is 2.52. The van der Waals surface area contributed by atoms with Crippen LogP contribution in [0, 0.1) is 29.1 Å². The Morgan fingerprint density at radius 1 is 0.935 bits per heavy atom. The SMILES string of the molecule is COC(=O)[C@@H]1[C@H]2C=C[C@H](C2)[C@]1(C(=O)OC)[C@H]1C(=O)c2ccccc2[C@@H]1c1ccccc1. The van der Waals surface area contributed by atoms with E-state index in [-0.39, 0.29) is 23.5 Å². The zero-order valence-electron chi connectivity index (χ0n) is 17.5. The highest BCUT2D eigenvalue weighted by atomic mass is 16.5. The Hall–Kier alpha value is -3.21. The minimum atomic E-state index is -1.31. The van der Waals surface area contributed by atoms with E-state index in [1.54, 1.807) is 0 Å². The maximum Gasteiger partial charge on any atom is 0.314 e. The standard InChI is InChI=1S/C26H24O5/c1-30-24(28)21-16-12-13-17(14-16)26(21,25(29)31-2)22-20(15-8-4-3-5-9-15)18-10-6-7-11-19(18)23(22)27/h3-13,16-17,20-22H,14H2,1-2H3/t16-,17+,20-,21-,22+,26+/m0/s1. The van der Waals surface area contributed by atoms with Gasteiger partial charge in [-0.05, 0) is 29.4 Å². The highest BCUT2D eigenvalue weighted by molar-refractivity contribution is 6.07. The van der Waals surface area contributed by atoms with Crippen LogP contribution in [-0.2, 0) is 19.1 Å². The monoisotopic (exact) mass is 416 g/mol. The smallest absolute Gasteiger partial charge is 0.314 e. The van der Waals surface area contributed by atoms with Gasteiger partial charge in [0.2, 0.25) is 0 Å². The van der Waals surface area contributed by atoms with Gasteiger partial charge in [-0.2, -0.15) is 0 Å². The second-order valence-electron chi connectivity index (χ2n) is 8.63. The third-order valence-electron chi connectivity index (χ3n) is 7.52. The molecule has 2 aromatic carbocycles. The van der Waals surface area contributed by atoms with Gasteiger partial charge >= 0.3 is 11.9 Å². The lowest BCUT2D eigenvalue weighted by molar-refractivity contribution is -0.171. The number of ketones is 1. The van der Waals surface area contributed by atoms with Crippen LogP contribution in [0.5, 0.6) is 0 Å². The molecule has 0 aliphatic heterocycles. The van der Waals surface area contributed by atoms with E-state index >= 15 is 0 Å². The van der Waals surface area contributed by atoms with Crippen molar-refractivity contribution >= 4 is 17.7 Å². The number of rotatable bonds is 4. The number of Topliss-reactive ketones (excluding diaryl/α,β-unsaturated/α-hetero) is 1. The average Bonchev–Trinajstić information content (AvgIpc) is 3.50. The van der Waals surface area contributed by atoms with E-state index in [0.717, 1.165) is 11.1 Å². The molecule has 2 aromatic rings.